The highest BCUT2D eigenvalue weighted by molar-refractivity contribution is 4.70. The van der Waals surface area contributed by atoms with Crippen LogP contribution in [0.1, 0.15) is 55.4 Å². The first-order valence-corrected chi connectivity index (χ1v) is 8.28. The zero-order valence-electron chi connectivity index (χ0n) is 15.0. The summed E-state index contributed by atoms with van der Waals surface area (Å²) >= 11 is 0. The highest BCUT2D eigenvalue weighted by atomic mass is 16.5. The molecule has 2 aliphatic rings. The van der Waals surface area contributed by atoms with E-state index in [1.54, 1.807) is 0 Å². The summed E-state index contributed by atoms with van der Waals surface area (Å²) in [6.07, 6.45) is 0.803. The van der Waals surface area contributed by atoms with Crippen LogP contribution in [0.3, 0.4) is 0 Å². The first-order valence-electron chi connectivity index (χ1n) is 8.28. The standard InChI is InChI=1S/2C6H13NO.2C2H6/c1-5-3-8-4-6(2)7-5;1-5-3-7-4-6(2)8-5;2*1-2/h2*5-7H,3-4H2,1-2H3;2*1-2H3/t2*5-,6+;;. The van der Waals surface area contributed by atoms with E-state index in [9.17, 15) is 0 Å². The molecule has 2 heterocycles. The van der Waals surface area contributed by atoms with Crippen molar-refractivity contribution in [2.45, 2.75) is 79.7 Å². The molecule has 124 valence electrons. The molecule has 0 saturated carbocycles. The second-order valence-electron chi connectivity index (χ2n) is 4.92. The third kappa shape index (κ3) is 12.9. The number of nitrogens with one attached hydrogen (secondary N) is 2. The molecule has 0 amide bonds. The van der Waals surface area contributed by atoms with Crippen molar-refractivity contribution in [2.24, 2.45) is 0 Å². The molecule has 4 nitrogen and oxygen atoms in total. The molecule has 0 aromatic rings. The normalized spacial score (nSPS) is 32.4. The molecule has 2 N–H and O–H groups in total. The van der Waals surface area contributed by atoms with Gasteiger partial charge in [0.1, 0.15) is 0 Å². The Labute approximate surface area is 127 Å². The lowest BCUT2D eigenvalue weighted by Gasteiger charge is -2.25. The zero-order valence-corrected chi connectivity index (χ0v) is 15.0. The van der Waals surface area contributed by atoms with E-state index < -0.39 is 0 Å². The molecule has 0 aromatic heterocycles. The van der Waals surface area contributed by atoms with Gasteiger partial charge in [-0.2, -0.15) is 0 Å². The van der Waals surface area contributed by atoms with Crippen molar-refractivity contribution in [1.82, 2.24) is 10.6 Å². The summed E-state index contributed by atoms with van der Waals surface area (Å²) < 4.78 is 10.7. The van der Waals surface area contributed by atoms with E-state index >= 15 is 0 Å². The van der Waals surface area contributed by atoms with Gasteiger partial charge in [0.05, 0.1) is 25.4 Å². The molecule has 0 radical (unpaired) electrons. The average Bonchev–Trinajstić information content (AvgIpc) is 2.43. The van der Waals surface area contributed by atoms with Crippen molar-refractivity contribution in [3.63, 3.8) is 0 Å². The SMILES string of the molecule is CC.CC.C[C@@H]1CNC[C@H](C)O1.C[C@@H]1COC[C@H](C)N1. The largest absolute Gasteiger partial charge is 0.378 e. The quantitative estimate of drug-likeness (QED) is 0.720. The van der Waals surface area contributed by atoms with Crippen molar-refractivity contribution >= 4 is 0 Å². The lowest BCUT2D eigenvalue weighted by Crippen LogP contribution is -2.45. The Morgan fingerprint density at radius 2 is 1.15 bits per heavy atom. The van der Waals surface area contributed by atoms with Crippen LogP contribution in [-0.4, -0.2) is 50.6 Å². The fraction of sp³-hybridized carbons (Fsp3) is 1.00. The molecule has 2 saturated heterocycles. The Kier molecular flexibility index (Phi) is 16.9. The molecule has 0 bridgehead atoms. The first kappa shape index (κ1) is 22.1. The van der Waals surface area contributed by atoms with E-state index in [1.807, 2.05) is 27.7 Å². The van der Waals surface area contributed by atoms with E-state index in [1.165, 1.54) is 0 Å². The smallest absolute Gasteiger partial charge is 0.0675 e. The summed E-state index contributed by atoms with van der Waals surface area (Å²) in [5, 5.41) is 6.61. The number of rotatable bonds is 0. The number of hydrogen-bond acceptors (Lipinski definition) is 4. The second-order valence-corrected chi connectivity index (χ2v) is 4.92. The van der Waals surface area contributed by atoms with Gasteiger partial charge in [-0.25, -0.2) is 0 Å². The van der Waals surface area contributed by atoms with Gasteiger partial charge in [0.25, 0.3) is 0 Å². The van der Waals surface area contributed by atoms with Crippen LogP contribution in [0.2, 0.25) is 0 Å². The fourth-order valence-corrected chi connectivity index (χ4v) is 1.99. The molecule has 2 aliphatic heterocycles. The van der Waals surface area contributed by atoms with E-state index in [0.29, 0.717) is 24.3 Å². The molecule has 4 heteroatoms. The van der Waals surface area contributed by atoms with Gasteiger partial charge >= 0.3 is 0 Å². The van der Waals surface area contributed by atoms with Crippen molar-refractivity contribution in [3.8, 4) is 0 Å². The fourth-order valence-electron chi connectivity index (χ4n) is 1.99. The van der Waals surface area contributed by atoms with Gasteiger partial charge in [-0.1, -0.05) is 27.7 Å². The molecule has 2 rings (SSSR count). The van der Waals surface area contributed by atoms with Gasteiger partial charge in [-0.05, 0) is 27.7 Å². The lowest BCUT2D eigenvalue weighted by molar-refractivity contribution is -0.0166. The molecule has 2 fully saturated rings. The number of morpholine rings is 2. The Bertz CT molecular complexity index is 155. The molecule has 20 heavy (non-hydrogen) atoms. The van der Waals surface area contributed by atoms with Gasteiger partial charge in [0.15, 0.2) is 0 Å². The first-order chi connectivity index (χ1) is 9.58. The van der Waals surface area contributed by atoms with Crippen molar-refractivity contribution in [2.75, 3.05) is 26.3 Å². The third-order valence-electron chi connectivity index (χ3n) is 2.63. The van der Waals surface area contributed by atoms with Crippen LogP contribution < -0.4 is 10.6 Å². The van der Waals surface area contributed by atoms with Crippen molar-refractivity contribution < 1.29 is 9.47 Å². The summed E-state index contributed by atoms with van der Waals surface area (Å²) in [5.41, 5.74) is 0. The molecule has 0 unspecified atom stereocenters. The van der Waals surface area contributed by atoms with Gasteiger partial charge in [-0.3, -0.25) is 0 Å². The minimum atomic E-state index is 0.402. The zero-order chi connectivity index (χ0) is 16.0. The van der Waals surface area contributed by atoms with Crippen LogP contribution in [0.25, 0.3) is 0 Å². The second kappa shape index (κ2) is 15.2. The minimum Gasteiger partial charge on any atom is -0.378 e. The summed E-state index contributed by atoms with van der Waals surface area (Å²) in [6.45, 7) is 20.2. The third-order valence-corrected chi connectivity index (χ3v) is 2.63. The Morgan fingerprint density at radius 1 is 0.750 bits per heavy atom. The van der Waals surface area contributed by atoms with Crippen LogP contribution >= 0.6 is 0 Å². The van der Waals surface area contributed by atoms with Crippen LogP contribution in [0, 0.1) is 0 Å². The maximum absolute atomic E-state index is 5.42. The topological polar surface area (TPSA) is 42.5 Å². The minimum absolute atomic E-state index is 0.402. The number of ether oxygens (including phenoxy) is 2. The van der Waals surface area contributed by atoms with Gasteiger partial charge in [0.2, 0.25) is 0 Å². The predicted octanol–water partition coefficient (Wildman–Crippen LogP) is 2.82. The van der Waals surface area contributed by atoms with Crippen LogP contribution in [-0.2, 0) is 9.47 Å². The van der Waals surface area contributed by atoms with Crippen LogP contribution in [0.5, 0.6) is 0 Å². The maximum atomic E-state index is 5.42. The molecule has 4 atom stereocenters. The van der Waals surface area contributed by atoms with E-state index in [0.717, 1.165) is 26.3 Å². The average molecular weight is 290 g/mol. The molecular formula is C16H38N2O2. The molecule has 0 aliphatic carbocycles. The highest BCUT2D eigenvalue weighted by Gasteiger charge is 2.13. The summed E-state index contributed by atoms with van der Waals surface area (Å²) in [4.78, 5) is 0. The predicted molar refractivity (Wildman–Crippen MR) is 88.5 cm³/mol. The molecule has 0 aromatic carbocycles. The summed E-state index contributed by atoms with van der Waals surface area (Å²) in [7, 11) is 0. The summed E-state index contributed by atoms with van der Waals surface area (Å²) in [6, 6.07) is 1.08. The monoisotopic (exact) mass is 290 g/mol. The Balaban J connectivity index is 0. The Morgan fingerprint density at radius 3 is 1.35 bits per heavy atom. The maximum Gasteiger partial charge on any atom is 0.0675 e. The van der Waals surface area contributed by atoms with E-state index in [2.05, 4.69) is 38.3 Å². The molecule has 0 spiro atoms. The van der Waals surface area contributed by atoms with Crippen LogP contribution in [0.4, 0.5) is 0 Å². The van der Waals surface area contributed by atoms with Crippen molar-refractivity contribution in [1.29, 1.82) is 0 Å². The van der Waals surface area contributed by atoms with Crippen LogP contribution in [0.15, 0.2) is 0 Å². The van der Waals surface area contributed by atoms with Gasteiger partial charge in [-0.15, -0.1) is 0 Å². The molecular weight excluding hydrogens is 252 g/mol. The van der Waals surface area contributed by atoms with Gasteiger partial charge in [0, 0.05) is 25.2 Å². The van der Waals surface area contributed by atoms with Gasteiger partial charge < -0.3 is 20.1 Å². The van der Waals surface area contributed by atoms with E-state index in [4.69, 9.17) is 9.47 Å². The number of hydrogen-bond donors (Lipinski definition) is 2. The highest BCUT2D eigenvalue weighted by Crippen LogP contribution is 2.00. The summed E-state index contributed by atoms with van der Waals surface area (Å²) in [5.74, 6) is 0. The lowest BCUT2D eigenvalue weighted by atomic mass is 10.2. The van der Waals surface area contributed by atoms with Crippen molar-refractivity contribution in [3.05, 3.63) is 0 Å². The Hall–Kier alpha value is -0.160. The van der Waals surface area contributed by atoms with E-state index in [-0.39, 0.29) is 0 Å².